The Morgan fingerprint density at radius 3 is 1.13 bits per heavy atom. The van der Waals surface area contributed by atoms with Crippen LogP contribution < -0.4 is 21.3 Å². The highest BCUT2D eigenvalue weighted by atomic mass is 16.8. The highest BCUT2D eigenvalue weighted by Crippen LogP contribution is 2.40. The fraction of sp³-hybridized carbons (Fsp3) is 0.935. The predicted octanol–water partition coefficient (Wildman–Crippen LogP) is -18.4. The van der Waals surface area contributed by atoms with Crippen LogP contribution in [0.4, 0.5) is 0 Å². The number of carbonyl (C=O) groups excluding carboxylic acids is 4. The van der Waals surface area contributed by atoms with E-state index >= 15 is 0 Å². The Morgan fingerprint density at radius 1 is 0.327 bits per heavy atom. The molecule has 110 heavy (non-hydrogen) atoms. The van der Waals surface area contributed by atoms with E-state index in [0.717, 1.165) is 27.7 Å². The molecule has 8 saturated heterocycles. The van der Waals surface area contributed by atoms with Crippen molar-refractivity contribution in [2.45, 2.75) is 311 Å². The third-order valence-electron chi connectivity index (χ3n) is 19.9. The SMILES string of the molecule is CC(=O)N[C@H]1[C@H](OC[C@@H](O)[C@H](O)[C@H](O[C@@H]2O[C@H](CO)[C@H](O)[C@H](O[C@@H]3O[C@H](CO)[C@@H](O[C@@H]4O[C@H](CO)[C@H](O)[C@H](O[C@H]5O[C@H](CO)[C@H](O)[C@H](O)[C@H]5NC(C)=O)[C@H]4O[C@@H]4O[C@@H](C)[C@@H](O)[C@@H](O)[C@@H]4O)[C@H](O)[C@H]3NC(C)=O)[C@H]2O)[C@H](CO)NC(C)=O)O[C@H](CO)[C@@H](O[C@@H]2O[C@H](CO)[C@H](O)[C@H](O)[C@H]2O[C@@H]2O[C@@H](C)[C@@H](O)[C@@H](O)[C@@H]2O)[C@@H]1O. The molecular weight excluding hydrogens is 1500 g/mol. The molecule has 8 heterocycles. The van der Waals surface area contributed by atoms with Gasteiger partial charge in [-0.1, -0.05) is 0 Å². The fourth-order valence-corrected chi connectivity index (χ4v) is 13.9. The van der Waals surface area contributed by atoms with E-state index < -0.39 is 346 Å². The van der Waals surface area contributed by atoms with Crippen molar-refractivity contribution in [3.8, 4) is 0 Å². The molecule has 28 N–H and O–H groups in total. The molecule has 8 aliphatic rings. The van der Waals surface area contributed by atoms with Gasteiger partial charge < -0.3 is 220 Å². The first kappa shape index (κ1) is 91.8. The van der Waals surface area contributed by atoms with E-state index in [1.54, 1.807) is 0 Å². The van der Waals surface area contributed by atoms with Crippen molar-refractivity contribution in [2.24, 2.45) is 0 Å². The van der Waals surface area contributed by atoms with Crippen molar-refractivity contribution in [1.29, 1.82) is 0 Å². The number of hydrogen-bond donors (Lipinski definition) is 28. The Balaban J connectivity index is 1.03. The summed E-state index contributed by atoms with van der Waals surface area (Å²) in [6.07, 6.45) is -79.8. The molecule has 0 radical (unpaired) electrons. The zero-order valence-corrected chi connectivity index (χ0v) is 60.0. The van der Waals surface area contributed by atoms with E-state index in [0.29, 0.717) is 0 Å². The molecule has 638 valence electrons. The van der Waals surface area contributed by atoms with E-state index in [9.17, 15) is 142 Å². The van der Waals surface area contributed by atoms with Gasteiger partial charge in [-0.25, -0.2) is 0 Å². The quantitative estimate of drug-likeness (QED) is 0.0306. The fourth-order valence-electron chi connectivity index (χ4n) is 13.9. The molecule has 8 rings (SSSR count). The summed E-state index contributed by atoms with van der Waals surface area (Å²) in [7, 11) is 0. The lowest BCUT2D eigenvalue weighted by Gasteiger charge is -2.51. The Bertz CT molecular complexity index is 2880. The lowest BCUT2D eigenvalue weighted by atomic mass is 9.93. The van der Waals surface area contributed by atoms with Gasteiger partial charge in [-0.05, 0) is 13.8 Å². The molecule has 0 aromatic heterocycles. The van der Waals surface area contributed by atoms with E-state index in [4.69, 9.17) is 75.8 Å². The number of ether oxygens (including phenoxy) is 16. The van der Waals surface area contributed by atoms with Crippen LogP contribution in [0.15, 0.2) is 0 Å². The molecule has 8 fully saturated rings. The van der Waals surface area contributed by atoms with Crippen LogP contribution in [0.3, 0.4) is 0 Å². The van der Waals surface area contributed by atoms with E-state index in [-0.39, 0.29) is 0 Å². The summed E-state index contributed by atoms with van der Waals surface area (Å²) in [5.74, 6) is -3.63. The van der Waals surface area contributed by atoms with E-state index in [1.165, 1.54) is 13.8 Å². The maximum absolute atomic E-state index is 13.1. The molecular formula is C62H106N4O44. The van der Waals surface area contributed by atoms with Gasteiger partial charge in [0.15, 0.2) is 50.3 Å². The second-order valence-electron chi connectivity index (χ2n) is 27.9. The number of rotatable bonds is 31. The van der Waals surface area contributed by atoms with Crippen molar-refractivity contribution in [3.63, 3.8) is 0 Å². The lowest BCUT2D eigenvalue weighted by Crippen LogP contribution is -2.71. The summed E-state index contributed by atoms with van der Waals surface area (Å²) in [5, 5.41) is 275. The minimum absolute atomic E-state index is 0.836. The third kappa shape index (κ3) is 20.8. The largest absolute Gasteiger partial charge is 0.394 e. The number of aliphatic hydroxyl groups is 24. The molecule has 44 atom stereocenters. The Kier molecular flexibility index (Phi) is 33.7. The second-order valence-corrected chi connectivity index (χ2v) is 27.9. The first-order valence-corrected chi connectivity index (χ1v) is 35.3. The zero-order chi connectivity index (χ0) is 81.5. The second kappa shape index (κ2) is 40.4. The first-order valence-electron chi connectivity index (χ1n) is 35.3. The molecule has 48 nitrogen and oxygen atoms in total. The van der Waals surface area contributed by atoms with Crippen molar-refractivity contribution < 1.29 is 218 Å². The van der Waals surface area contributed by atoms with Crippen LogP contribution in [0, 0.1) is 0 Å². The van der Waals surface area contributed by atoms with Crippen LogP contribution in [0.5, 0.6) is 0 Å². The molecule has 0 spiro atoms. The van der Waals surface area contributed by atoms with Gasteiger partial charge in [0.1, 0.15) is 201 Å². The van der Waals surface area contributed by atoms with Gasteiger partial charge in [-0.2, -0.15) is 0 Å². The molecule has 0 unspecified atom stereocenters. The Hall–Kier alpha value is -3.72. The topological polar surface area (TPSA) is 750 Å². The molecule has 0 aromatic rings. The van der Waals surface area contributed by atoms with Gasteiger partial charge in [-0.3, -0.25) is 19.2 Å². The van der Waals surface area contributed by atoms with Crippen molar-refractivity contribution >= 4 is 23.6 Å². The average molecular weight is 1610 g/mol. The van der Waals surface area contributed by atoms with Gasteiger partial charge >= 0.3 is 0 Å². The number of carbonyl (C=O) groups is 4. The summed E-state index contributed by atoms with van der Waals surface area (Å²) in [6.45, 7) is -2.49. The number of nitrogens with one attached hydrogen (secondary N) is 4. The summed E-state index contributed by atoms with van der Waals surface area (Å²) < 4.78 is 94.5. The maximum atomic E-state index is 13.1. The van der Waals surface area contributed by atoms with E-state index in [2.05, 4.69) is 21.3 Å². The predicted molar refractivity (Wildman–Crippen MR) is 343 cm³/mol. The zero-order valence-electron chi connectivity index (χ0n) is 60.0. The molecule has 0 aliphatic carbocycles. The molecule has 8 aliphatic heterocycles. The normalized spacial score (nSPS) is 46.6. The van der Waals surface area contributed by atoms with Crippen molar-refractivity contribution in [1.82, 2.24) is 21.3 Å². The van der Waals surface area contributed by atoms with Crippen LogP contribution in [-0.4, -0.2) is 469 Å². The standard InChI is InChI=1S/C62H106N4O44/c1-15-32(79)42(89)45(92)58(96-15)109-53-44(91)36(83)24(9-69)100-61(53)105-49-27(12-72)102-55(30(40(49)87)65-19(5)76)95-14-22(78)34(81)48(21(7-67)63-17(3)74)104-60-47(94)51(37(84)25(10-70)99-60)107-57-31(66-20(6)77)41(88)50(28(13-73)103-57)106-62-54(110-59-46(93)43(90)33(80)16(2)97-59)52(38(85)26(11-71)101-62)108-56-29(64-18(4)75)39(86)35(82)23(8-68)98-56/h15-16,21-62,67-73,78-94H,7-14H2,1-6H3,(H,63,74)(H,64,75)(H,65,76)(H,66,77)/t15-,16-,21-,22+,23+,24+,25+,26+,27+,28+,29+,30+,31+,32+,33+,34-,35-,36-,37-,38-,39+,40+,41+,42+,43+,44-,45-,46-,47+,48+,49+,50+,51-,52-,53+,54+,55+,56+,57-,58-,59-,60-,61-,62-/m0/s1. The van der Waals surface area contributed by atoms with Gasteiger partial charge in [0, 0.05) is 27.7 Å². The lowest BCUT2D eigenvalue weighted by molar-refractivity contribution is -0.401. The number of amides is 4. The molecule has 0 saturated carbocycles. The smallest absolute Gasteiger partial charge is 0.217 e. The van der Waals surface area contributed by atoms with Crippen LogP contribution in [0.1, 0.15) is 41.5 Å². The van der Waals surface area contributed by atoms with Crippen LogP contribution in [0.2, 0.25) is 0 Å². The number of aliphatic hydroxyl groups excluding tert-OH is 24. The van der Waals surface area contributed by atoms with Crippen LogP contribution in [0.25, 0.3) is 0 Å². The minimum atomic E-state index is -2.46. The first-order chi connectivity index (χ1) is 51.9. The summed E-state index contributed by atoms with van der Waals surface area (Å²) in [6, 6.07) is -7.39. The monoisotopic (exact) mass is 1610 g/mol. The van der Waals surface area contributed by atoms with Gasteiger partial charge in [-0.15, -0.1) is 0 Å². The molecule has 0 aromatic carbocycles. The minimum Gasteiger partial charge on any atom is -0.394 e. The van der Waals surface area contributed by atoms with Crippen LogP contribution >= 0.6 is 0 Å². The number of hydrogen-bond acceptors (Lipinski definition) is 44. The third-order valence-corrected chi connectivity index (χ3v) is 19.9. The average Bonchev–Trinajstić information content (AvgIpc) is 0.772. The van der Waals surface area contributed by atoms with Gasteiger partial charge in [0.2, 0.25) is 23.6 Å². The summed E-state index contributed by atoms with van der Waals surface area (Å²) in [5.41, 5.74) is 0. The van der Waals surface area contributed by atoms with Crippen LogP contribution in [-0.2, 0) is 95.0 Å². The molecule has 4 amide bonds. The van der Waals surface area contributed by atoms with Crippen molar-refractivity contribution in [3.05, 3.63) is 0 Å². The highest BCUT2D eigenvalue weighted by molar-refractivity contribution is 5.74. The summed E-state index contributed by atoms with van der Waals surface area (Å²) >= 11 is 0. The Labute approximate surface area is 625 Å². The highest BCUT2D eigenvalue weighted by Gasteiger charge is 2.61. The Morgan fingerprint density at radius 2 is 0.682 bits per heavy atom. The van der Waals surface area contributed by atoms with Gasteiger partial charge in [0.25, 0.3) is 0 Å². The maximum Gasteiger partial charge on any atom is 0.217 e. The van der Waals surface area contributed by atoms with Gasteiger partial charge in [0.05, 0.1) is 71.1 Å². The molecule has 0 bridgehead atoms. The van der Waals surface area contributed by atoms with E-state index in [1.807, 2.05) is 0 Å². The van der Waals surface area contributed by atoms with Crippen molar-refractivity contribution in [2.75, 3.05) is 52.9 Å². The molecule has 48 heteroatoms. The summed E-state index contributed by atoms with van der Waals surface area (Å²) in [4.78, 5) is 51.0.